The minimum atomic E-state index is -3.65. The van der Waals surface area contributed by atoms with E-state index in [9.17, 15) is 13.2 Å². The van der Waals surface area contributed by atoms with Crippen molar-refractivity contribution in [2.24, 2.45) is 0 Å². The molecule has 0 N–H and O–H groups in total. The fourth-order valence-corrected chi connectivity index (χ4v) is 3.69. The summed E-state index contributed by atoms with van der Waals surface area (Å²) in [5.74, 6) is -0.434. The zero-order chi connectivity index (χ0) is 16.3. The molecule has 0 unspecified atom stereocenters. The first-order valence-corrected chi connectivity index (χ1v) is 8.94. The molecule has 4 nitrogen and oxygen atoms in total. The van der Waals surface area contributed by atoms with Crippen LogP contribution in [0.1, 0.15) is 15.9 Å². The summed E-state index contributed by atoms with van der Waals surface area (Å²) in [6.45, 7) is 1.87. The Labute approximate surface area is 138 Å². The van der Waals surface area contributed by atoms with Crippen LogP contribution in [0.3, 0.4) is 0 Å². The minimum Gasteiger partial charge on any atom is -0.496 e. The number of ketones is 1. The van der Waals surface area contributed by atoms with Gasteiger partial charge in [0.15, 0.2) is 15.6 Å². The van der Waals surface area contributed by atoms with Crippen molar-refractivity contribution >= 4 is 31.6 Å². The average molecular weight is 383 g/mol. The Morgan fingerprint density at radius 3 is 2.32 bits per heavy atom. The predicted octanol–water partition coefficient (Wildman–Crippen LogP) is 3.42. The summed E-state index contributed by atoms with van der Waals surface area (Å²) in [6, 6.07) is 11.2. The number of rotatable bonds is 5. The zero-order valence-corrected chi connectivity index (χ0v) is 14.6. The molecule has 0 aromatic heterocycles. The average Bonchev–Trinajstić information content (AvgIpc) is 2.47. The molecule has 2 aromatic rings. The van der Waals surface area contributed by atoms with Crippen molar-refractivity contribution in [3.63, 3.8) is 0 Å². The van der Waals surface area contributed by atoms with Gasteiger partial charge in [0.25, 0.3) is 0 Å². The number of carbonyl (C=O) groups excluding carboxylic acids is 1. The molecule has 0 saturated carbocycles. The SMILES string of the molecule is COc1ccc(C(=O)CS(=O)(=O)c2ccc(C)cc2)cc1Br. The highest BCUT2D eigenvalue weighted by molar-refractivity contribution is 9.10. The molecule has 0 spiro atoms. The standard InChI is InChI=1S/C16H15BrO4S/c1-11-3-6-13(7-4-11)22(19,20)10-15(18)12-5-8-16(21-2)14(17)9-12/h3-9H,10H2,1-2H3. The molecule has 0 fully saturated rings. The Morgan fingerprint density at radius 2 is 1.77 bits per heavy atom. The molecule has 0 aliphatic rings. The van der Waals surface area contributed by atoms with Gasteiger partial charge in [0, 0.05) is 5.56 Å². The molecule has 0 radical (unpaired) electrons. The van der Waals surface area contributed by atoms with Crippen molar-refractivity contribution in [1.82, 2.24) is 0 Å². The second-order valence-electron chi connectivity index (χ2n) is 4.84. The molecular weight excluding hydrogens is 368 g/mol. The van der Waals surface area contributed by atoms with Crippen LogP contribution in [-0.4, -0.2) is 27.1 Å². The molecule has 0 heterocycles. The summed E-state index contributed by atoms with van der Waals surface area (Å²) < 4.78 is 30.2. The van der Waals surface area contributed by atoms with Crippen molar-refractivity contribution in [1.29, 1.82) is 0 Å². The molecular formula is C16H15BrO4S. The number of carbonyl (C=O) groups is 1. The summed E-state index contributed by atoms with van der Waals surface area (Å²) in [6.07, 6.45) is 0. The van der Waals surface area contributed by atoms with E-state index in [0.717, 1.165) is 5.56 Å². The lowest BCUT2D eigenvalue weighted by Gasteiger charge is -2.07. The fraction of sp³-hybridized carbons (Fsp3) is 0.188. The van der Waals surface area contributed by atoms with Gasteiger partial charge in [0.1, 0.15) is 11.5 Å². The highest BCUT2D eigenvalue weighted by atomic mass is 79.9. The van der Waals surface area contributed by atoms with Gasteiger partial charge in [0.05, 0.1) is 16.5 Å². The van der Waals surface area contributed by atoms with Gasteiger partial charge in [-0.3, -0.25) is 4.79 Å². The number of aryl methyl sites for hydroxylation is 1. The summed E-state index contributed by atoms with van der Waals surface area (Å²) >= 11 is 3.28. The first kappa shape index (κ1) is 16.7. The van der Waals surface area contributed by atoms with Gasteiger partial charge in [-0.05, 0) is 53.2 Å². The number of benzene rings is 2. The van der Waals surface area contributed by atoms with Crippen molar-refractivity contribution < 1.29 is 17.9 Å². The third-order valence-corrected chi connectivity index (χ3v) is 5.43. The molecule has 0 aliphatic heterocycles. The molecule has 0 atom stereocenters. The predicted molar refractivity (Wildman–Crippen MR) is 88.3 cm³/mol. The number of Topliss-reactive ketones (excluding diaryl/α,β-unsaturated/α-hetero) is 1. The normalized spacial score (nSPS) is 11.2. The third-order valence-electron chi connectivity index (χ3n) is 3.17. The van der Waals surface area contributed by atoms with E-state index in [4.69, 9.17) is 4.74 Å². The number of halogens is 1. The van der Waals surface area contributed by atoms with E-state index in [1.807, 2.05) is 6.92 Å². The van der Waals surface area contributed by atoms with Crippen LogP contribution < -0.4 is 4.74 Å². The van der Waals surface area contributed by atoms with Crippen LogP contribution in [0, 0.1) is 6.92 Å². The lowest BCUT2D eigenvalue weighted by Crippen LogP contribution is -2.16. The van der Waals surface area contributed by atoms with Crippen LogP contribution in [0.4, 0.5) is 0 Å². The second kappa shape index (κ2) is 6.62. The number of methoxy groups -OCH3 is 1. The molecule has 116 valence electrons. The maximum absolute atomic E-state index is 12.3. The van der Waals surface area contributed by atoms with Gasteiger partial charge in [-0.1, -0.05) is 17.7 Å². The maximum Gasteiger partial charge on any atom is 0.185 e. The van der Waals surface area contributed by atoms with Crippen LogP contribution >= 0.6 is 15.9 Å². The highest BCUT2D eigenvalue weighted by Gasteiger charge is 2.20. The topological polar surface area (TPSA) is 60.4 Å². The minimum absolute atomic E-state index is 0.152. The Bertz CT molecular complexity index is 795. The smallest absolute Gasteiger partial charge is 0.185 e. The Kier molecular flexibility index (Phi) is 5.03. The van der Waals surface area contributed by atoms with E-state index in [-0.39, 0.29) is 4.90 Å². The van der Waals surface area contributed by atoms with Crippen molar-refractivity contribution in [2.75, 3.05) is 12.9 Å². The van der Waals surface area contributed by atoms with E-state index in [1.54, 1.807) is 30.3 Å². The third kappa shape index (κ3) is 3.75. The Balaban J connectivity index is 2.24. The van der Waals surface area contributed by atoms with Crippen LogP contribution in [0.5, 0.6) is 5.75 Å². The van der Waals surface area contributed by atoms with E-state index < -0.39 is 21.4 Å². The number of ether oxygens (including phenoxy) is 1. The second-order valence-corrected chi connectivity index (χ2v) is 7.69. The molecule has 0 saturated heterocycles. The first-order valence-electron chi connectivity index (χ1n) is 6.49. The molecule has 0 aliphatic carbocycles. The lowest BCUT2D eigenvalue weighted by atomic mass is 10.1. The largest absolute Gasteiger partial charge is 0.496 e. The van der Waals surface area contributed by atoms with Crippen LogP contribution in [-0.2, 0) is 9.84 Å². The van der Waals surface area contributed by atoms with E-state index >= 15 is 0 Å². The van der Waals surface area contributed by atoms with Crippen molar-refractivity contribution in [3.05, 3.63) is 58.1 Å². The summed E-state index contributed by atoms with van der Waals surface area (Å²) in [5.41, 5.74) is 1.28. The van der Waals surface area contributed by atoms with E-state index in [0.29, 0.717) is 15.8 Å². The zero-order valence-electron chi connectivity index (χ0n) is 12.2. The Morgan fingerprint density at radius 1 is 1.14 bits per heavy atom. The molecule has 6 heteroatoms. The molecule has 2 aromatic carbocycles. The summed E-state index contributed by atoms with van der Waals surface area (Å²) in [5, 5.41) is 0. The van der Waals surface area contributed by atoms with Crippen molar-refractivity contribution in [2.45, 2.75) is 11.8 Å². The lowest BCUT2D eigenvalue weighted by molar-refractivity contribution is 0.102. The van der Waals surface area contributed by atoms with E-state index in [2.05, 4.69) is 15.9 Å². The van der Waals surface area contributed by atoms with Gasteiger partial charge in [0.2, 0.25) is 0 Å². The van der Waals surface area contributed by atoms with Crippen LogP contribution in [0.15, 0.2) is 51.8 Å². The number of hydrogen-bond donors (Lipinski definition) is 0. The van der Waals surface area contributed by atoms with Gasteiger partial charge < -0.3 is 4.74 Å². The van der Waals surface area contributed by atoms with Crippen molar-refractivity contribution in [3.8, 4) is 5.75 Å². The van der Waals surface area contributed by atoms with Crippen LogP contribution in [0.2, 0.25) is 0 Å². The summed E-state index contributed by atoms with van der Waals surface area (Å²) in [7, 11) is -2.13. The number of sulfone groups is 1. The maximum atomic E-state index is 12.3. The van der Waals surface area contributed by atoms with Gasteiger partial charge >= 0.3 is 0 Å². The molecule has 0 amide bonds. The van der Waals surface area contributed by atoms with Crippen LogP contribution in [0.25, 0.3) is 0 Å². The highest BCUT2D eigenvalue weighted by Crippen LogP contribution is 2.26. The quantitative estimate of drug-likeness (QED) is 0.743. The molecule has 0 bridgehead atoms. The fourth-order valence-electron chi connectivity index (χ4n) is 1.92. The van der Waals surface area contributed by atoms with Gasteiger partial charge in [-0.2, -0.15) is 0 Å². The first-order chi connectivity index (χ1) is 10.3. The molecule has 22 heavy (non-hydrogen) atoms. The monoisotopic (exact) mass is 382 g/mol. The van der Waals surface area contributed by atoms with Gasteiger partial charge in [-0.15, -0.1) is 0 Å². The van der Waals surface area contributed by atoms with E-state index in [1.165, 1.54) is 19.2 Å². The number of hydrogen-bond acceptors (Lipinski definition) is 4. The summed E-state index contributed by atoms with van der Waals surface area (Å²) in [4.78, 5) is 12.4. The molecule has 2 rings (SSSR count). The Hall–Kier alpha value is -1.66. The van der Waals surface area contributed by atoms with Gasteiger partial charge in [-0.25, -0.2) is 8.42 Å².